The summed E-state index contributed by atoms with van der Waals surface area (Å²) in [6, 6.07) is 14.3. The van der Waals surface area contributed by atoms with Crippen LogP contribution in [0.1, 0.15) is 46.6 Å². The maximum atomic E-state index is 13.4. The first-order chi connectivity index (χ1) is 15.8. The van der Waals surface area contributed by atoms with Gasteiger partial charge in [-0.3, -0.25) is 9.59 Å². The molecule has 3 aromatic rings. The number of benzene rings is 2. The van der Waals surface area contributed by atoms with E-state index >= 15 is 0 Å². The number of aryl methyl sites for hydroxylation is 3. The van der Waals surface area contributed by atoms with Crippen molar-refractivity contribution >= 4 is 11.6 Å². The highest BCUT2D eigenvalue weighted by Gasteiger charge is 2.27. The number of carbonyl (C=O) groups excluding carboxylic acids is 1. The number of fused-ring (bicyclic) bond motifs is 1. The summed E-state index contributed by atoms with van der Waals surface area (Å²) in [5.74, 6) is 0.339. The lowest BCUT2D eigenvalue weighted by Crippen LogP contribution is -2.39. The molecule has 172 valence electrons. The first-order valence-electron chi connectivity index (χ1n) is 11.4. The average molecular weight is 446 g/mol. The molecule has 2 N–H and O–H groups in total. The topological polar surface area (TPSA) is 74.4 Å². The fourth-order valence-electron chi connectivity index (χ4n) is 4.47. The second kappa shape index (κ2) is 9.14. The van der Waals surface area contributed by atoms with Crippen molar-refractivity contribution in [1.29, 1.82) is 0 Å². The SMILES string of the molecule is Cc1cc(C)c(CNC(=O)c2cc(-c3ccccc3C)cc3c2OCCN3C(C)C)c(=O)[nH]1. The third-order valence-corrected chi connectivity index (χ3v) is 6.20. The fraction of sp³-hybridized carbons (Fsp3) is 0.333. The Hall–Kier alpha value is -3.54. The van der Waals surface area contributed by atoms with Crippen LogP contribution in [-0.4, -0.2) is 30.1 Å². The number of hydrogen-bond acceptors (Lipinski definition) is 4. The summed E-state index contributed by atoms with van der Waals surface area (Å²) >= 11 is 0. The zero-order valence-electron chi connectivity index (χ0n) is 19.9. The van der Waals surface area contributed by atoms with Crippen LogP contribution in [0.15, 0.2) is 47.3 Å². The standard InChI is InChI=1S/C27H31N3O3/c1-16(2)30-10-11-33-25-22(13-20(14-24(25)30)21-9-7-6-8-17(21)3)26(31)28-15-23-18(4)12-19(5)29-27(23)32/h6-9,12-14,16H,10-11,15H2,1-5H3,(H,28,31)(H,29,32). The number of anilines is 1. The zero-order valence-corrected chi connectivity index (χ0v) is 19.9. The van der Waals surface area contributed by atoms with Crippen LogP contribution in [-0.2, 0) is 6.54 Å². The van der Waals surface area contributed by atoms with Crippen LogP contribution in [0.2, 0.25) is 0 Å². The maximum absolute atomic E-state index is 13.4. The summed E-state index contributed by atoms with van der Waals surface area (Å²) in [5, 5.41) is 2.95. The molecule has 0 bridgehead atoms. The Kier molecular flexibility index (Phi) is 6.27. The van der Waals surface area contributed by atoms with Crippen LogP contribution in [0.5, 0.6) is 5.75 Å². The molecule has 33 heavy (non-hydrogen) atoms. The van der Waals surface area contributed by atoms with E-state index in [0.717, 1.165) is 40.2 Å². The number of ether oxygens (including phenoxy) is 1. The lowest BCUT2D eigenvalue weighted by Gasteiger charge is -2.35. The van der Waals surface area contributed by atoms with Crippen LogP contribution in [0.3, 0.4) is 0 Å². The van der Waals surface area contributed by atoms with E-state index in [0.29, 0.717) is 23.5 Å². The van der Waals surface area contributed by atoms with Crippen molar-refractivity contribution in [2.45, 2.75) is 47.2 Å². The van der Waals surface area contributed by atoms with Crippen LogP contribution >= 0.6 is 0 Å². The van der Waals surface area contributed by atoms with Crippen molar-refractivity contribution in [3.63, 3.8) is 0 Å². The summed E-state index contributed by atoms with van der Waals surface area (Å²) in [6.45, 7) is 11.5. The van der Waals surface area contributed by atoms with Crippen molar-refractivity contribution in [2.75, 3.05) is 18.1 Å². The van der Waals surface area contributed by atoms with Crippen LogP contribution in [0.4, 0.5) is 5.69 Å². The largest absolute Gasteiger partial charge is 0.489 e. The number of hydrogen-bond donors (Lipinski definition) is 2. The van der Waals surface area contributed by atoms with Crippen LogP contribution in [0, 0.1) is 20.8 Å². The molecule has 1 aromatic heterocycles. The number of aromatic amines is 1. The Morgan fingerprint density at radius 1 is 1.12 bits per heavy atom. The summed E-state index contributed by atoms with van der Waals surface area (Å²) < 4.78 is 6.02. The van der Waals surface area contributed by atoms with E-state index in [4.69, 9.17) is 4.74 Å². The molecule has 2 heterocycles. The summed E-state index contributed by atoms with van der Waals surface area (Å²) in [5.41, 5.74) is 6.63. The molecule has 6 nitrogen and oxygen atoms in total. The minimum Gasteiger partial charge on any atom is -0.489 e. The molecule has 0 fully saturated rings. The monoisotopic (exact) mass is 445 g/mol. The van der Waals surface area contributed by atoms with E-state index in [2.05, 4.69) is 54.2 Å². The van der Waals surface area contributed by atoms with Gasteiger partial charge in [0.15, 0.2) is 5.75 Å². The minimum absolute atomic E-state index is 0.150. The van der Waals surface area contributed by atoms with Gasteiger partial charge in [-0.1, -0.05) is 24.3 Å². The lowest BCUT2D eigenvalue weighted by molar-refractivity contribution is 0.0946. The Bertz CT molecular complexity index is 1260. The third kappa shape index (κ3) is 4.51. The van der Waals surface area contributed by atoms with Gasteiger partial charge in [-0.2, -0.15) is 0 Å². The Balaban J connectivity index is 1.76. The predicted octanol–water partition coefficient (Wildman–Crippen LogP) is 4.50. The van der Waals surface area contributed by atoms with E-state index in [1.165, 1.54) is 0 Å². The molecule has 0 aliphatic carbocycles. The summed E-state index contributed by atoms with van der Waals surface area (Å²) in [6.07, 6.45) is 0. The molecule has 6 heteroatoms. The van der Waals surface area contributed by atoms with Gasteiger partial charge in [-0.05, 0) is 75.1 Å². The van der Waals surface area contributed by atoms with Gasteiger partial charge < -0.3 is 19.9 Å². The molecule has 1 aliphatic heterocycles. The van der Waals surface area contributed by atoms with Gasteiger partial charge >= 0.3 is 0 Å². The highest BCUT2D eigenvalue weighted by atomic mass is 16.5. The molecule has 0 atom stereocenters. The lowest BCUT2D eigenvalue weighted by atomic mass is 9.96. The number of H-pyrrole nitrogens is 1. The second-order valence-electron chi connectivity index (χ2n) is 8.95. The van der Waals surface area contributed by atoms with Gasteiger partial charge in [0.05, 0.1) is 17.8 Å². The van der Waals surface area contributed by atoms with Crippen molar-refractivity contribution < 1.29 is 9.53 Å². The number of carbonyl (C=O) groups is 1. The number of pyridine rings is 1. The zero-order chi connectivity index (χ0) is 23.7. The number of rotatable bonds is 5. The Morgan fingerprint density at radius 3 is 2.58 bits per heavy atom. The molecular formula is C27H31N3O3. The van der Waals surface area contributed by atoms with Gasteiger partial charge in [0.25, 0.3) is 11.5 Å². The smallest absolute Gasteiger partial charge is 0.255 e. The molecule has 0 radical (unpaired) electrons. The highest BCUT2D eigenvalue weighted by molar-refractivity contribution is 6.01. The maximum Gasteiger partial charge on any atom is 0.255 e. The van der Waals surface area contributed by atoms with Gasteiger partial charge in [-0.15, -0.1) is 0 Å². The van der Waals surface area contributed by atoms with E-state index < -0.39 is 0 Å². The third-order valence-electron chi connectivity index (χ3n) is 6.20. The van der Waals surface area contributed by atoms with Crippen molar-refractivity contribution in [1.82, 2.24) is 10.3 Å². The molecular weight excluding hydrogens is 414 g/mol. The number of nitrogens with one attached hydrogen (secondary N) is 2. The van der Waals surface area contributed by atoms with E-state index in [1.54, 1.807) is 0 Å². The van der Waals surface area contributed by atoms with Gasteiger partial charge in [0.2, 0.25) is 0 Å². The molecule has 0 spiro atoms. The number of nitrogens with zero attached hydrogens (tertiary/aromatic N) is 1. The molecule has 0 saturated carbocycles. The summed E-state index contributed by atoms with van der Waals surface area (Å²) in [7, 11) is 0. The molecule has 0 saturated heterocycles. The average Bonchev–Trinajstić information content (AvgIpc) is 2.77. The Morgan fingerprint density at radius 2 is 1.88 bits per heavy atom. The molecule has 4 rings (SSSR count). The van der Waals surface area contributed by atoms with Crippen LogP contribution < -0.4 is 20.5 Å². The molecule has 1 aliphatic rings. The Labute approximate surface area is 194 Å². The first-order valence-corrected chi connectivity index (χ1v) is 11.4. The fourth-order valence-corrected chi connectivity index (χ4v) is 4.47. The number of aromatic nitrogens is 1. The molecule has 2 aromatic carbocycles. The highest BCUT2D eigenvalue weighted by Crippen LogP contribution is 2.40. The van der Waals surface area contributed by atoms with Crippen molar-refractivity contribution in [2.24, 2.45) is 0 Å². The first kappa shape index (κ1) is 22.6. The van der Waals surface area contributed by atoms with Crippen LogP contribution in [0.25, 0.3) is 11.1 Å². The second-order valence-corrected chi connectivity index (χ2v) is 8.95. The van der Waals surface area contributed by atoms with Crippen molar-refractivity contribution in [3.8, 4) is 16.9 Å². The number of amides is 1. The summed E-state index contributed by atoms with van der Waals surface area (Å²) in [4.78, 5) is 30.9. The molecule has 1 amide bonds. The normalized spacial score (nSPS) is 13.0. The van der Waals surface area contributed by atoms with E-state index in [1.807, 2.05) is 38.1 Å². The predicted molar refractivity (Wildman–Crippen MR) is 132 cm³/mol. The quantitative estimate of drug-likeness (QED) is 0.606. The van der Waals surface area contributed by atoms with Gasteiger partial charge in [-0.25, -0.2) is 0 Å². The van der Waals surface area contributed by atoms with Crippen molar-refractivity contribution in [3.05, 3.63) is 80.8 Å². The van der Waals surface area contributed by atoms with E-state index in [-0.39, 0.29) is 24.1 Å². The molecule has 0 unspecified atom stereocenters. The van der Waals surface area contributed by atoms with Gasteiger partial charge in [0, 0.05) is 23.8 Å². The van der Waals surface area contributed by atoms with E-state index in [9.17, 15) is 9.59 Å². The van der Waals surface area contributed by atoms with Gasteiger partial charge in [0.1, 0.15) is 6.61 Å². The minimum atomic E-state index is -0.258.